The van der Waals surface area contributed by atoms with Crippen LogP contribution in [-0.2, 0) is 8.85 Å². The Hall–Kier alpha value is 0.407. The first kappa shape index (κ1) is 18.4. The van der Waals surface area contributed by atoms with E-state index in [1.807, 2.05) is 0 Å². The highest BCUT2D eigenvalue weighted by Gasteiger charge is 2.30. The maximum absolute atomic E-state index is 6.05. The minimum Gasteiger partial charge on any atom is -0.393 e. The van der Waals surface area contributed by atoms with E-state index >= 15 is 0 Å². The van der Waals surface area contributed by atoms with Gasteiger partial charge >= 0.3 is 8.56 Å². The van der Waals surface area contributed by atoms with Crippen LogP contribution in [0.3, 0.4) is 0 Å². The zero-order valence-corrected chi connectivity index (χ0v) is 14.5. The van der Waals surface area contributed by atoms with Crippen LogP contribution in [0.5, 0.6) is 0 Å². The van der Waals surface area contributed by atoms with Crippen LogP contribution in [0.25, 0.3) is 0 Å². The van der Waals surface area contributed by atoms with Crippen molar-refractivity contribution in [2.45, 2.75) is 19.0 Å². The fraction of sp³-hybridized carbons (Fsp3) is 1.00. The number of rotatable bonds is 11. The van der Waals surface area contributed by atoms with Gasteiger partial charge in [0.05, 0.1) is 0 Å². The van der Waals surface area contributed by atoms with Gasteiger partial charge in [0.2, 0.25) is 0 Å². The first-order chi connectivity index (χ1) is 8.39. The fourth-order valence-electron chi connectivity index (χ4n) is 1.47. The van der Waals surface area contributed by atoms with Gasteiger partial charge in [-0.3, -0.25) is 0 Å². The molecule has 0 aliphatic carbocycles. The Kier molecular flexibility index (Phi) is 10.5. The molecule has 0 radical (unpaired) electrons. The Morgan fingerprint density at radius 3 is 1.72 bits per heavy atom. The van der Waals surface area contributed by atoms with E-state index in [2.05, 4.69) is 57.2 Å². The summed E-state index contributed by atoms with van der Waals surface area (Å²) < 4.78 is 12.1. The molecule has 0 saturated carbocycles. The first-order valence-corrected chi connectivity index (χ1v) is 9.73. The molecule has 0 bridgehead atoms. The molecule has 6 heteroatoms. The third-order valence-electron chi connectivity index (χ3n) is 2.68. The van der Waals surface area contributed by atoms with Crippen LogP contribution in [0, 0.1) is 0 Å². The molecule has 0 atom stereocenters. The van der Waals surface area contributed by atoms with Crippen molar-refractivity contribution in [2.24, 2.45) is 0 Å². The molecule has 0 fully saturated rings. The highest BCUT2D eigenvalue weighted by atomic mass is 32.1. The third kappa shape index (κ3) is 10.3. The average Bonchev–Trinajstić information content (AvgIpc) is 2.25. The van der Waals surface area contributed by atoms with Gasteiger partial charge in [-0.2, -0.15) is 12.6 Å². The molecule has 0 aliphatic rings. The molecule has 0 aromatic heterocycles. The second kappa shape index (κ2) is 10.2. The molecule has 0 heterocycles. The normalized spacial score (nSPS) is 12.7. The van der Waals surface area contributed by atoms with Gasteiger partial charge in [-0.15, -0.1) is 0 Å². The van der Waals surface area contributed by atoms with Gasteiger partial charge in [0.15, 0.2) is 0 Å². The first-order valence-electron chi connectivity index (χ1n) is 6.58. The van der Waals surface area contributed by atoms with Crippen LogP contribution in [0.15, 0.2) is 0 Å². The Morgan fingerprint density at radius 1 is 0.944 bits per heavy atom. The van der Waals surface area contributed by atoms with E-state index in [-0.39, 0.29) is 0 Å². The second-order valence-electron chi connectivity index (χ2n) is 5.26. The molecule has 0 aromatic rings. The number of likely N-dealkylation sites (N-methyl/N-ethyl adjacent to an activating group) is 2. The lowest BCUT2D eigenvalue weighted by atomic mass is 10.6. The van der Waals surface area contributed by atoms with Crippen molar-refractivity contribution >= 4 is 21.2 Å². The average molecular weight is 295 g/mol. The van der Waals surface area contributed by atoms with Crippen LogP contribution >= 0.6 is 12.6 Å². The van der Waals surface area contributed by atoms with Gasteiger partial charge in [0, 0.05) is 26.3 Å². The molecular weight excluding hydrogens is 264 g/mol. The van der Waals surface area contributed by atoms with Gasteiger partial charge in [-0.25, -0.2) is 0 Å². The number of thiol groups is 1. The molecule has 0 aromatic carbocycles. The maximum atomic E-state index is 6.05. The van der Waals surface area contributed by atoms with E-state index in [1.165, 1.54) is 0 Å². The molecule has 0 amide bonds. The summed E-state index contributed by atoms with van der Waals surface area (Å²) in [5, 5.41) is 0. The topological polar surface area (TPSA) is 24.9 Å². The molecule has 4 nitrogen and oxygen atoms in total. The lowest BCUT2D eigenvalue weighted by Crippen LogP contribution is -2.42. The van der Waals surface area contributed by atoms with E-state index in [1.54, 1.807) is 0 Å². The van der Waals surface area contributed by atoms with E-state index in [4.69, 9.17) is 8.85 Å². The fourth-order valence-corrected chi connectivity index (χ4v) is 4.17. The van der Waals surface area contributed by atoms with E-state index in [9.17, 15) is 0 Å². The van der Waals surface area contributed by atoms with E-state index < -0.39 is 8.56 Å². The summed E-state index contributed by atoms with van der Waals surface area (Å²) >= 11 is 4.27. The van der Waals surface area contributed by atoms with Crippen LogP contribution in [0.2, 0.25) is 12.6 Å². The van der Waals surface area contributed by atoms with Gasteiger partial charge in [0.25, 0.3) is 0 Å². The van der Waals surface area contributed by atoms with Crippen molar-refractivity contribution in [3.63, 3.8) is 0 Å². The molecule has 0 saturated heterocycles. The van der Waals surface area contributed by atoms with Crippen molar-refractivity contribution in [3.8, 4) is 0 Å². The molecule has 0 N–H and O–H groups in total. The number of hydrogen-bond donors (Lipinski definition) is 1. The Bertz CT molecular complexity index is 193. The lowest BCUT2D eigenvalue weighted by molar-refractivity contribution is 0.149. The SMILES string of the molecule is CN(C)CCO[Si](C)(CCCS)OCCN(C)C. The van der Waals surface area contributed by atoms with E-state index in [0.29, 0.717) is 0 Å². The van der Waals surface area contributed by atoms with Crippen molar-refractivity contribution < 1.29 is 8.85 Å². The standard InChI is InChI=1S/C12H30N2O2SSi/c1-13(2)7-9-15-18(5,12-6-11-17)16-10-8-14(3)4/h17H,6-12H2,1-5H3. The van der Waals surface area contributed by atoms with Gasteiger partial charge in [-0.1, -0.05) is 0 Å². The molecular formula is C12H30N2O2SSi. The Balaban J connectivity index is 4.06. The lowest BCUT2D eigenvalue weighted by Gasteiger charge is -2.28. The summed E-state index contributed by atoms with van der Waals surface area (Å²) in [6, 6.07) is 1.03. The highest BCUT2D eigenvalue weighted by Crippen LogP contribution is 2.16. The molecule has 0 unspecified atom stereocenters. The predicted molar refractivity (Wildman–Crippen MR) is 83.9 cm³/mol. The third-order valence-corrected chi connectivity index (χ3v) is 5.89. The zero-order chi connectivity index (χ0) is 14.0. The summed E-state index contributed by atoms with van der Waals surface area (Å²) in [5.41, 5.74) is 0. The van der Waals surface area contributed by atoms with Gasteiger partial charge < -0.3 is 18.7 Å². The van der Waals surface area contributed by atoms with Crippen molar-refractivity contribution in [1.82, 2.24) is 9.80 Å². The van der Waals surface area contributed by atoms with Gasteiger partial charge in [0.1, 0.15) is 0 Å². The molecule has 18 heavy (non-hydrogen) atoms. The number of hydrogen-bond acceptors (Lipinski definition) is 5. The van der Waals surface area contributed by atoms with Crippen LogP contribution in [0.1, 0.15) is 6.42 Å². The van der Waals surface area contributed by atoms with Crippen LogP contribution in [0.4, 0.5) is 0 Å². The Labute approximate surface area is 119 Å². The van der Waals surface area contributed by atoms with Crippen LogP contribution < -0.4 is 0 Å². The monoisotopic (exact) mass is 294 g/mol. The van der Waals surface area contributed by atoms with Crippen molar-refractivity contribution in [2.75, 3.05) is 60.2 Å². The molecule has 0 aliphatic heterocycles. The largest absolute Gasteiger partial charge is 0.393 e. The van der Waals surface area contributed by atoms with Crippen LogP contribution in [-0.4, -0.2) is 78.6 Å². The minimum absolute atomic E-state index is 0.754. The van der Waals surface area contributed by atoms with Crippen molar-refractivity contribution in [3.05, 3.63) is 0 Å². The quantitative estimate of drug-likeness (QED) is 0.461. The molecule has 0 rings (SSSR count). The minimum atomic E-state index is -2.01. The Morgan fingerprint density at radius 2 is 1.39 bits per heavy atom. The predicted octanol–water partition coefficient (Wildman–Crippen LogP) is 1.53. The highest BCUT2D eigenvalue weighted by molar-refractivity contribution is 7.80. The second-order valence-corrected chi connectivity index (χ2v) is 9.06. The molecule has 110 valence electrons. The smallest absolute Gasteiger partial charge is 0.335 e. The summed E-state index contributed by atoms with van der Waals surface area (Å²) in [4.78, 5) is 4.26. The summed E-state index contributed by atoms with van der Waals surface area (Å²) in [6.07, 6.45) is 1.07. The van der Waals surface area contributed by atoms with Gasteiger partial charge in [-0.05, 0) is 53.0 Å². The summed E-state index contributed by atoms with van der Waals surface area (Å²) in [6.45, 7) is 5.57. The summed E-state index contributed by atoms with van der Waals surface area (Å²) in [7, 11) is 6.23. The zero-order valence-electron chi connectivity index (χ0n) is 12.6. The van der Waals surface area contributed by atoms with E-state index in [0.717, 1.165) is 44.5 Å². The van der Waals surface area contributed by atoms with Crippen molar-refractivity contribution in [1.29, 1.82) is 0 Å². The summed E-state index contributed by atoms with van der Waals surface area (Å²) in [5.74, 6) is 0.899. The molecule has 0 spiro atoms. The maximum Gasteiger partial charge on any atom is 0.335 e. The number of nitrogens with zero attached hydrogens (tertiary/aromatic N) is 2.